The van der Waals surface area contributed by atoms with Crippen molar-refractivity contribution in [1.82, 2.24) is 15.5 Å². The Morgan fingerprint density at radius 3 is 2.52 bits per heavy atom. The van der Waals surface area contributed by atoms with E-state index in [2.05, 4.69) is 42.5 Å². The number of aliphatic hydroxyl groups is 1. The van der Waals surface area contributed by atoms with E-state index in [0.717, 1.165) is 33.9 Å². The second-order valence-corrected chi connectivity index (χ2v) is 10.2. The van der Waals surface area contributed by atoms with E-state index in [1.54, 1.807) is 4.90 Å². The highest BCUT2D eigenvalue weighted by Crippen LogP contribution is 2.36. The number of rotatable bonds is 7. The standard InChI is InChI=1S/C21H28Br2N4O4/c1-12(28)17(18(24)29)26-20(31)21(11-13-8-14(22)10-15(23)9-13)5-3-7-27(21)19(30)16-4-2-6-25-16/h8-10,12,16-17,25,28H,2-7,11H2,1H3,(H2,24,29)(H,26,31). The molecule has 0 bridgehead atoms. The molecule has 2 heterocycles. The largest absolute Gasteiger partial charge is 0.391 e. The molecule has 8 nitrogen and oxygen atoms in total. The third-order valence-corrected chi connectivity index (χ3v) is 6.95. The van der Waals surface area contributed by atoms with E-state index in [9.17, 15) is 19.5 Å². The number of benzene rings is 1. The van der Waals surface area contributed by atoms with E-state index in [0.29, 0.717) is 19.4 Å². The molecule has 2 fully saturated rings. The van der Waals surface area contributed by atoms with E-state index < -0.39 is 29.5 Å². The molecule has 31 heavy (non-hydrogen) atoms. The number of amides is 3. The van der Waals surface area contributed by atoms with E-state index in [1.165, 1.54) is 6.92 Å². The van der Waals surface area contributed by atoms with Crippen molar-refractivity contribution < 1.29 is 19.5 Å². The van der Waals surface area contributed by atoms with Crippen molar-refractivity contribution in [2.75, 3.05) is 13.1 Å². The maximum absolute atomic E-state index is 13.6. The van der Waals surface area contributed by atoms with Gasteiger partial charge in [-0.2, -0.15) is 0 Å². The summed E-state index contributed by atoms with van der Waals surface area (Å²) in [4.78, 5) is 40.5. The van der Waals surface area contributed by atoms with Crippen molar-refractivity contribution >= 4 is 49.6 Å². The molecule has 0 saturated carbocycles. The Morgan fingerprint density at radius 2 is 1.97 bits per heavy atom. The number of aliphatic hydroxyl groups excluding tert-OH is 1. The summed E-state index contributed by atoms with van der Waals surface area (Å²) in [7, 11) is 0. The highest BCUT2D eigenvalue weighted by atomic mass is 79.9. The fraction of sp³-hybridized carbons (Fsp3) is 0.571. The van der Waals surface area contributed by atoms with Crippen LogP contribution >= 0.6 is 31.9 Å². The Labute approximate surface area is 198 Å². The molecule has 170 valence electrons. The fourth-order valence-electron chi connectivity index (χ4n) is 4.54. The second kappa shape index (κ2) is 9.97. The molecule has 0 aromatic heterocycles. The van der Waals surface area contributed by atoms with Crippen molar-refractivity contribution in [1.29, 1.82) is 0 Å². The molecule has 0 spiro atoms. The van der Waals surface area contributed by atoms with Crippen LogP contribution in [0.5, 0.6) is 0 Å². The zero-order chi connectivity index (χ0) is 22.8. The molecule has 3 rings (SSSR count). The second-order valence-electron chi connectivity index (χ2n) is 8.32. The van der Waals surface area contributed by atoms with Crippen molar-refractivity contribution in [3.8, 4) is 0 Å². The number of nitrogens with two attached hydrogens (primary N) is 1. The third-order valence-electron chi connectivity index (χ3n) is 6.03. The number of nitrogens with one attached hydrogen (secondary N) is 2. The number of hydrogen-bond donors (Lipinski definition) is 4. The molecular weight excluding hydrogens is 532 g/mol. The normalized spacial score (nSPS) is 25.3. The summed E-state index contributed by atoms with van der Waals surface area (Å²) < 4.78 is 1.69. The topological polar surface area (TPSA) is 125 Å². The Kier molecular flexibility index (Phi) is 7.77. The molecule has 2 saturated heterocycles. The zero-order valence-electron chi connectivity index (χ0n) is 17.4. The van der Waals surface area contributed by atoms with Crippen LogP contribution in [0.2, 0.25) is 0 Å². The van der Waals surface area contributed by atoms with Crippen LogP contribution in [-0.4, -0.2) is 64.5 Å². The van der Waals surface area contributed by atoms with Gasteiger partial charge in [0.2, 0.25) is 17.7 Å². The van der Waals surface area contributed by atoms with Gasteiger partial charge in [0.05, 0.1) is 12.1 Å². The Bertz CT molecular complexity index is 840. The molecule has 2 aliphatic heterocycles. The molecule has 2 aliphatic rings. The van der Waals surface area contributed by atoms with Crippen LogP contribution in [0.4, 0.5) is 0 Å². The Hall–Kier alpha value is -1.49. The number of likely N-dealkylation sites (tertiary alicyclic amines) is 1. The first-order valence-electron chi connectivity index (χ1n) is 10.4. The maximum atomic E-state index is 13.6. The van der Waals surface area contributed by atoms with Gasteiger partial charge in [0.15, 0.2) is 0 Å². The number of halogens is 2. The highest BCUT2D eigenvalue weighted by molar-refractivity contribution is 9.11. The predicted octanol–water partition coefficient (Wildman–Crippen LogP) is 1.22. The molecule has 0 radical (unpaired) electrons. The molecular formula is C21H28Br2N4O4. The van der Waals surface area contributed by atoms with Crippen LogP contribution in [-0.2, 0) is 20.8 Å². The molecule has 1 aromatic rings. The number of nitrogens with zero attached hydrogens (tertiary/aromatic N) is 1. The number of hydrogen-bond acceptors (Lipinski definition) is 5. The smallest absolute Gasteiger partial charge is 0.247 e. The first kappa shape index (κ1) is 24.2. The van der Waals surface area contributed by atoms with Crippen LogP contribution in [0, 0.1) is 0 Å². The van der Waals surface area contributed by atoms with Gasteiger partial charge in [0.25, 0.3) is 0 Å². The summed E-state index contributed by atoms with van der Waals surface area (Å²) in [6.45, 7) is 2.62. The van der Waals surface area contributed by atoms with Crippen LogP contribution < -0.4 is 16.4 Å². The minimum atomic E-state index is -1.24. The fourth-order valence-corrected chi connectivity index (χ4v) is 5.93. The summed E-state index contributed by atoms with van der Waals surface area (Å²) in [6, 6.07) is 4.17. The quantitative estimate of drug-likeness (QED) is 0.400. The molecule has 4 atom stereocenters. The van der Waals surface area contributed by atoms with E-state index >= 15 is 0 Å². The summed E-state index contributed by atoms with van der Waals surface area (Å²) in [6.07, 6.45) is 1.88. The number of carbonyl (C=O) groups is 3. The molecule has 0 aliphatic carbocycles. The highest BCUT2D eigenvalue weighted by Gasteiger charge is 2.51. The van der Waals surface area contributed by atoms with E-state index in [1.807, 2.05) is 18.2 Å². The Morgan fingerprint density at radius 1 is 1.29 bits per heavy atom. The van der Waals surface area contributed by atoms with Gasteiger partial charge >= 0.3 is 0 Å². The van der Waals surface area contributed by atoms with Crippen molar-refractivity contribution in [2.24, 2.45) is 5.73 Å². The summed E-state index contributed by atoms with van der Waals surface area (Å²) in [5.41, 5.74) is 5.09. The lowest BCUT2D eigenvalue weighted by atomic mass is 9.86. The van der Waals surface area contributed by atoms with E-state index in [4.69, 9.17) is 5.73 Å². The lowest BCUT2D eigenvalue weighted by Gasteiger charge is -2.39. The summed E-state index contributed by atoms with van der Waals surface area (Å²) in [5.74, 6) is -1.40. The summed E-state index contributed by atoms with van der Waals surface area (Å²) in [5, 5.41) is 15.8. The summed E-state index contributed by atoms with van der Waals surface area (Å²) >= 11 is 6.96. The average molecular weight is 560 g/mol. The van der Waals surface area contributed by atoms with Crippen LogP contribution in [0.15, 0.2) is 27.1 Å². The van der Waals surface area contributed by atoms with Crippen LogP contribution in [0.3, 0.4) is 0 Å². The number of primary amides is 1. The molecule has 10 heteroatoms. The SMILES string of the molecule is CC(O)C(NC(=O)C1(Cc2cc(Br)cc(Br)c2)CCCN1C(=O)C1CCCN1)C(N)=O. The molecule has 1 aromatic carbocycles. The van der Waals surface area contributed by atoms with Crippen molar-refractivity contribution in [3.05, 3.63) is 32.7 Å². The van der Waals surface area contributed by atoms with Gasteiger partial charge in [0.1, 0.15) is 11.6 Å². The lowest BCUT2D eigenvalue weighted by Crippen LogP contribution is -2.64. The average Bonchev–Trinajstić information content (AvgIpc) is 3.34. The van der Waals surface area contributed by atoms with Crippen LogP contribution in [0.1, 0.15) is 38.2 Å². The molecule has 4 unspecified atom stereocenters. The predicted molar refractivity (Wildman–Crippen MR) is 123 cm³/mol. The lowest BCUT2D eigenvalue weighted by molar-refractivity contribution is -0.147. The number of carbonyl (C=O) groups excluding carboxylic acids is 3. The maximum Gasteiger partial charge on any atom is 0.247 e. The third kappa shape index (κ3) is 5.30. The minimum absolute atomic E-state index is 0.105. The van der Waals surface area contributed by atoms with Crippen molar-refractivity contribution in [2.45, 2.75) is 62.8 Å². The van der Waals surface area contributed by atoms with Crippen LogP contribution in [0.25, 0.3) is 0 Å². The van der Waals surface area contributed by atoms with Gasteiger partial charge < -0.3 is 26.4 Å². The van der Waals surface area contributed by atoms with Gasteiger partial charge in [-0.25, -0.2) is 0 Å². The van der Waals surface area contributed by atoms with Gasteiger partial charge in [-0.05, 0) is 62.9 Å². The molecule has 3 amide bonds. The van der Waals surface area contributed by atoms with Gasteiger partial charge in [-0.1, -0.05) is 31.9 Å². The monoisotopic (exact) mass is 558 g/mol. The van der Waals surface area contributed by atoms with Crippen molar-refractivity contribution in [3.63, 3.8) is 0 Å². The minimum Gasteiger partial charge on any atom is -0.391 e. The van der Waals surface area contributed by atoms with E-state index in [-0.39, 0.29) is 18.4 Å². The van der Waals surface area contributed by atoms with Gasteiger partial charge in [-0.15, -0.1) is 0 Å². The first-order chi connectivity index (χ1) is 14.6. The Balaban J connectivity index is 1.98. The first-order valence-corrected chi connectivity index (χ1v) is 12.0. The van der Waals surface area contributed by atoms with Gasteiger partial charge in [-0.3, -0.25) is 14.4 Å². The zero-order valence-corrected chi connectivity index (χ0v) is 20.5. The molecule has 5 N–H and O–H groups in total. The van der Waals surface area contributed by atoms with Gasteiger partial charge in [0, 0.05) is 21.9 Å².